The molecule has 0 spiro atoms. The highest BCUT2D eigenvalue weighted by atomic mass is 35.5. The molecule has 0 saturated heterocycles. The highest BCUT2D eigenvalue weighted by molar-refractivity contribution is 6.31. The van der Waals surface area contributed by atoms with Crippen LogP contribution in [-0.4, -0.2) is 15.8 Å². The molecule has 0 atom stereocenters. The van der Waals surface area contributed by atoms with E-state index in [0.29, 0.717) is 10.6 Å². The Morgan fingerprint density at radius 1 is 1.32 bits per heavy atom. The van der Waals surface area contributed by atoms with E-state index in [1.54, 1.807) is 12.4 Å². The Kier molecular flexibility index (Phi) is 2.84. The molecule has 3 nitrogen and oxygen atoms in total. The zero-order valence-corrected chi connectivity index (χ0v) is 11.1. The summed E-state index contributed by atoms with van der Waals surface area (Å²) in [4.78, 5) is 15.5. The van der Waals surface area contributed by atoms with E-state index in [1.165, 1.54) is 0 Å². The van der Waals surface area contributed by atoms with Gasteiger partial charge < -0.3 is 4.57 Å². The third-order valence-electron chi connectivity index (χ3n) is 3.15. The van der Waals surface area contributed by atoms with Gasteiger partial charge in [0.25, 0.3) is 0 Å². The molecule has 0 aliphatic heterocycles. The van der Waals surface area contributed by atoms with E-state index >= 15 is 0 Å². The van der Waals surface area contributed by atoms with E-state index in [9.17, 15) is 4.79 Å². The Labute approximate surface area is 115 Å². The molecule has 94 valence electrons. The Balaban J connectivity index is 2.38. The zero-order chi connectivity index (χ0) is 13.4. The Hall–Kier alpha value is -2.13. The number of fused-ring (bicyclic) bond motifs is 1. The van der Waals surface area contributed by atoms with Crippen LogP contribution in [0.2, 0.25) is 5.02 Å². The van der Waals surface area contributed by atoms with E-state index in [1.807, 2.05) is 41.9 Å². The maximum absolute atomic E-state index is 11.2. The number of benzene rings is 1. The monoisotopic (exact) mass is 270 g/mol. The lowest BCUT2D eigenvalue weighted by atomic mass is 10.0. The van der Waals surface area contributed by atoms with Crippen molar-refractivity contribution in [1.29, 1.82) is 0 Å². The Bertz CT molecular complexity index is 777. The molecule has 0 aliphatic rings. The van der Waals surface area contributed by atoms with Crippen LogP contribution in [0.15, 0.2) is 42.7 Å². The molecule has 2 aromatic heterocycles. The van der Waals surface area contributed by atoms with Gasteiger partial charge in [0.2, 0.25) is 0 Å². The van der Waals surface area contributed by atoms with Gasteiger partial charge in [-0.15, -0.1) is 0 Å². The molecule has 2 heterocycles. The summed E-state index contributed by atoms with van der Waals surface area (Å²) >= 11 is 6.03. The fourth-order valence-corrected chi connectivity index (χ4v) is 2.51. The lowest BCUT2D eigenvalue weighted by Gasteiger charge is -2.05. The van der Waals surface area contributed by atoms with E-state index in [2.05, 4.69) is 4.98 Å². The van der Waals surface area contributed by atoms with Gasteiger partial charge >= 0.3 is 0 Å². The summed E-state index contributed by atoms with van der Waals surface area (Å²) in [6, 6.07) is 9.49. The first kappa shape index (κ1) is 11.9. The molecule has 0 radical (unpaired) electrons. The predicted octanol–water partition coefficient (Wildman–Crippen LogP) is 3.71. The normalized spacial score (nSPS) is 10.8. The molecular formula is C15H11ClN2O. The summed E-state index contributed by atoms with van der Waals surface area (Å²) in [5.41, 5.74) is 3.38. The quantitative estimate of drug-likeness (QED) is 0.666. The van der Waals surface area contributed by atoms with Crippen LogP contribution in [0.3, 0.4) is 0 Å². The van der Waals surface area contributed by atoms with Crippen molar-refractivity contribution < 1.29 is 4.79 Å². The average molecular weight is 271 g/mol. The number of pyridine rings is 1. The van der Waals surface area contributed by atoms with Crippen molar-refractivity contribution in [1.82, 2.24) is 9.55 Å². The minimum absolute atomic E-state index is 0.639. The summed E-state index contributed by atoms with van der Waals surface area (Å²) in [6.07, 6.45) is 4.39. The molecular weight excluding hydrogens is 260 g/mol. The van der Waals surface area contributed by atoms with Gasteiger partial charge in [0.05, 0.1) is 0 Å². The van der Waals surface area contributed by atoms with Gasteiger partial charge in [0.15, 0.2) is 6.29 Å². The van der Waals surface area contributed by atoms with Crippen LogP contribution >= 0.6 is 11.6 Å². The number of nitrogens with zero attached hydrogens (tertiary/aromatic N) is 2. The largest absolute Gasteiger partial charge is 0.335 e. The van der Waals surface area contributed by atoms with E-state index in [4.69, 9.17) is 11.6 Å². The van der Waals surface area contributed by atoms with Crippen molar-refractivity contribution in [2.75, 3.05) is 0 Å². The number of carbonyl (C=O) groups is 1. The molecule has 0 amide bonds. The van der Waals surface area contributed by atoms with Crippen LogP contribution in [-0.2, 0) is 7.05 Å². The van der Waals surface area contributed by atoms with E-state index in [-0.39, 0.29) is 0 Å². The molecule has 0 N–H and O–H groups in total. The van der Waals surface area contributed by atoms with Crippen LogP contribution in [0.4, 0.5) is 0 Å². The summed E-state index contributed by atoms with van der Waals surface area (Å²) < 4.78 is 1.85. The maximum atomic E-state index is 11.2. The van der Waals surface area contributed by atoms with Crippen LogP contribution in [0.1, 0.15) is 10.4 Å². The number of aromatic nitrogens is 2. The van der Waals surface area contributed by atoms with Gasteiger partial charge in [-0.25, -0.2) is 4.98 Å². The Morgan fingerprint density at radius 3 is 2.89 bits per heavy atom. The fourth-order valence-electron chi connectivity index (χ4n) is 2.32. The summed E-state index contributed by atoms with van der Waals surface area (Å²) in [7, 11) is 1.88. The maximum Gasteiger partial charge on any atom is 0.152 e. The van der Waals surface area contributed by atoms with Crippen LogP contribution < -0.4 is 0 Å². The van der Waals surface area contributed by atoms with Gasteiger partial charge in [0, 0.05) is 35.4 Å². The van der Waals surface area contributed by atoms with Crippen molar-refractivity contribution in [3.8, 4) is 11.1 Å². The second-order valence-electron chi connectivity index (χ2n) is 4.38. The second kappa shape index (κ2) is 4.52. The summed E-state index contributed by atoms with van der Waals surface area (Å²) in [6.45, 7) is 0. The molecule has 3 rings (SSSR count). The van der Waals surface area contributed by atoms with Crippen molar-refractivity contribution in [3.05, 3.63) is 53.3 Å². The number of rotatable bonds is 2. The second-order valence-corrected chi connectivity index (χ2v) is 4.82. The number of aldehydes is 1. The van der Waals surface area contributed by atoms with Crippen molar-refractivity contribution in [2.45, 2.75) is 0 Å². The molecule has 1 aromatic carbocycles. The number of hydrogen-bond acceptors (Lipinski definition) is 2. The van der Waals surface area contributed by atoms with Crippen LogP contribution in [0.25, 0.3) is 22.2 Å². The Morgan fingerprint density at radius 2 is 2.16 bits per heavy atom. The summed E-state index contributed by atoms with van der Waals surface area (Å²) in [5.74, 6) is 0. The molecule has 0 aliphatic carbocycles. The first-order valence-electron chi connectivity index (χ1n) is 5.86. The van der Waals surface area contributed by atoms with Crippen molar-refractivity contribution in [2.24, 2.45) is 7.05 Å². The molecule has 4 heteroatoms. The lowest BCUT2D eigenvalue weighted by molar-refractivity contribution is 0.112. The summed E-state index contributed by atoms with van der Waals surface area (Å²) in [5, 5.41) is 1.54. The minimum Gasteiger partial charge on any atom is -0.335 e. The fraction of sp³-hybridized carbons (Fsp3) is 0.0667. The van der Waals surface area contributed by atoms with Gasteiger partial charge in [-0.2, -0.15) is 0 Å². The van der Waals surface area contributed by atoms with Gasteiger partial charge in [-0.1, -0.05) is 23.7 Å². The van der Waals surface area contributed by atoms with Gasteiger partial charge in [0.1, 0.15) is 5.65 Å². The van der Waals surface area contributed by atoms with Crippen LogP contribution in [0.5, 0.6) is 0 Å². The predicted molar refractivity (Wildman–Crippen MR) is 76.5 cm³/mol. The molecule has 3 aromatic rings. The first-order valence-corrected chi connectivity index (χ1v) is 6.23. The van der Waals surface area contributed by atoms with E-state index in [0.717, 1.165) is 28.4 Å². The molecule has 0 saturated carbocycles. The smallest absolute Gasteiger partial charge is 0.152 e. The molecule has 19 heavy (non-hydrogen) atoms. The SMILES string of the molecule is Cn1cc(C=O)c2c(-c3cccc(Cl)c3)ccnc21. The average Bonchev–Trinajstić information content (AvgIpc) is 2.76. The van der Waals surface area contributed by atoms with E-state index < -0.39 is 0 Å². The third-order valence-corrected chi connectivity index (χ3v) is 3.38. The zero-order valence-electron chi connectivity index (χ0n) is 10.3. The number of aryl methyl sites for hydroxylation is 1. The standard InChI is InChI=1S/C15H11ClN2O/c1-18-8-11(9-19)14-13(5-6-17-15(14)18)10-3-2-4-12(16)7-10/h2-9H,1H3. The minimum atomic E-state index is 0.639. The third kappa shape index (κ3) is 1.92. The highest BCUT2D eigenvalue weighted by Crippen LogP contribution is 2.31. The van der Waals surface area contributed by atoms with Crippen molar-refractivity contribution >= 4 is 28.9 Å². The van der Waals surface area contributed by atoms with Crippen molar-refractivity contribution in [3.63, 3.8) is 0 Å². The number of hydrogen-bond donors (Lipinski definition) is 0. The topological polar surface area (TPSA) is 34.9 Å². The highest BCUT2D eigenvalue weighted by Gasteiger charge is 2.12. The van der Waals surface area contributed by atoms with Gasteiger partial charge in [-0.3, -0.25) is 4.79 Å². The number of carbonyl (C=O) groups excluding carboxylic acids is 1. The lowest BCUT2D eigenvalue weighted by Crippen LogP contribution is -1.88. The molecule has 0 unspecified atom stereocenters. The van der Waals surface area contributed by atoms with Crippen LogP contribution in [0, 0.1) is 0 Å². The first-order chi connectivity index (χ1) is 9.20. The van der Waals surface area contributed by atoms with Gasteiger partial charge in [-0.05, 0) is 29.3 Å². The number of halogens is 1. The molecule has 0 bridgehead atoms. The molecule has 0 fully saturated rings.